The molecule has 1 N–H and O–H groups in total. The molecule has 23 heavy (non-hydrogen) atoms. The minimum Gasteiger partial charge on any atom is -0.348 e. The van der Waals surface area contributed by atoms with E-state index in [0.717, 1.165) is 30.0 Å². The standard InChI is InChI=1S/C19H21ClN2O/c1-13-9-11-14(12-10-13)21-19(23)18-8-4-7-17(22-18)15-5-2-3-6-16(15)20/h2-8,13-14H,9-12H2,1H3,(H,21,23). The van der Waals surface area contributed by atoms with E-state index in [1.807, 2.05) is 36.4 Å². The van der Waals surface area contributed by atoms with Crippen LogP contribution < -0.4 is 5.32 Å². The maximum absolute atomic E-state index is 12.5. The van der Waals surface area contributed by atoms with Gasteiger partial charge in [-0.25, -0.2) is 4.98 Å². The lowest BCUT2D eigenvalue weighted by Gasteiger charge is -2.26. The van der Waals surface area contributed by atoms with Crippen LogP contribution in [0.2, 0.25) is 5.02 Å². The Bertz CT molecular complexity index is 693. The Morgan fingerprint density at radius 2 is 1.83 bits per heavy atom. The topological polar surface area (TPSA) is 42.0 Å². The number of pyridine rings is 1. The number of hydrogen-bond donors (Lipinski definition) is 1. The molecule has 1 aromatic carbocycles. The number of nitrogens with one attached hydrogen (secondary N) is 1. The van der Waals surface area contributed by atoms with Crippen LogP contribution in [0.25, 0.3) is 11.3 Å². The van der Waals surface area contributed by atoms with Gasteiger partial charge >= 0.3 is 0 Å². The molecule has 3 rings (SSSR count). The number of carbonyl (C=O) groups is 1. The Balaban J connectivity index is 1.74. The summed E-state index contributed by atoms with van der Waals surface area (Å²) in [4.78, 5) is 16.9. The highest BCUT2D eigenvalue weighted by molar-refractivity contribution is 6.33. The maximum Gasteiger partial charge on any atom is 0.270 e. The lowest BCUT2D eigenvalue weighted by molar-refractivity contribution is 0.0918. The second-order valence-electron chi connectivity index (χ2n) is 6.32. The Morgan fingerprint density at radius 1 is 1.09 bits per heavy atom. The van der Waals surface area contributed by atoms with E-state index >= 15 is 0 Å². The largest absolute Gasteiger partial charge is 0.348 e. The molecule has 1 amide bonds. The highest BCUT2D eigenvalue weighted by Gasteiger charge is 2.21. The molecule has 0 atom stereocenters. The Morgan fingerprint density at radius 3 is 2.57 bits per heavy atom. The molecule has 1 aliphatic rings. The molecule has 0 bridgehead atoms. The first-order valence-electron chi connectivity index (χ1n) is 8.16. The second kappa shape index (κ2) is 7.14. The zero-order valence-corrected chi connectivity index (χ0v) is 14.0. The van der Waals surface area contributed by atoms with Crippen molar-refractivity contribution in [2.45, 2.75) is 38.6 Å². The number of halogens is 1. The summed E-state index contributed by atoms with van der Waals surface area (Å²) in [6.07, 6.45) is 4.46. The first-order chi connectivity index (χ1) is 11.1. The van der Waals surface area contributed by atoms with Crippen LogP contribution in [0.5, 0.6) is 0 Å². The van der Waals surface area contributed by atoms with Crippen molar-refractivity contribution in [3.63, 3.8) is 0 Å². The molecule has 1 saturated carbocycles. The van der Waals surface area contributed by atoms with E-state index in [9.17, 15) is 4.79 Å². The van der Waals surface area contributed by atoms with Crippen molar-refractivity contribution < 1.29 is 4.79 Å². The summed E-state index contributed by atoms with van der Waals surface area (Å²) >= 11 is 6.22. The van der Waals surface area contributed by atoms with E-state index in [4.69, 9.17) is 11.6 Å². The highest BCUT2D eigenvalue weighted by Crippen LogP contribution is 2.26. The molecule has 3 nitrogen and oxygen atoms in total. The van der Waals surface area contributed by atoms with Gasteiger partial charge in [-0.05, 0) is 49.8 Å². The van der Waals surface area contributed by atoms with Gasteiger partial charge < -0.3 is 5.32 Å². The van der Waals surface area contributed by atoms with Crippen LogP contribution in [0.4, 0.5) is 0 Å². The molecule has 4 heteroatoms. The fourth-order valence-corrected chi connectivity index (χ4v) is 3.28. The van der Waals surface area contributed by atoms with Crippen LogP contribution in [0.15, 0.2) is 42.5 Å². The van der Waals surface area contributed by atoms with Crippen LogP contribution in [-0.2, 0) is 0 Å². The molecule has 0 aliphatic heterocycles. The Labute approximate surface area is 142 Å². The smallest absolute Gasteiger partial charge is 0.270 e. The summed E-state index contributed by atoms with van der Waals surface area (Å²) in [5, 5.41) is 3.75. The van der Waals surface area contributed by atoms with Gasteiger partial charge in [0.15, 0.2) is 0 Å². The fourth-order valence-electron chi connectivity index (χ4n) is 3.04. The normalized spacial score (nSPS) is 21.0. The molecule has 1 aliphatic carbocycles. The molecule has 2 aromatic rings. The molecule has 0 unspecified atom stereocenters. The minimum atomic E-state index is -0.0987. The van der Waals surface area contributed by atoms with Gasteiger partial charge in [-0.2, -0.15) is 0 Å². The third-order valence-corrected chi connectivity index (χ3v) is 4.81. The van der Waals surface area contributed by atoms with Gasteiger partial charge in [0.25, 0.3) is 5.91 Å². The summed E-state index contributed by atoms with van der Waals surface area (Å²) in [6.45, 7) is 2.27. The number of nitrogens with zero attached hydrogens (tertiary/aromatic N) is 1. The van der Waals surface area contributed by atoms with Crippen LogP contribution >= 0.6 is 11.6 Å². The number of amides is 1. The third kappa shape index (κ3) is 3.91. The monoisotopic (exact) mass is 328 g/mol. The van der Waals surface area contributed by atoms with E-state index in [1.165, 1.54) is 12.8 Å². The quantitative estimate of drug-likeness (QED) is 0.886. The van der Waals surface area contributed by atoms with E-state index in [-0.39, 0.29) is 11.9 Å². The summed E-state index contributed by atoms with van der Waals surface area (Å²) in [5.41, 5.74) is 2.01. The summed E-state index contributed by atoms with van der Waals surface area (Å²) in [7, 11) is 0. The van der Waals surface area contributed by atoms with Crippen LogP contribution in [-0.4, -0.2) is 16.9 Å². The predicted molar refractivity (Wildman–Crippen MR) is 93.6 cm³/mol. The van der Waals surface area contributed by atoms with Crippen molar-refractivity contribution in [2.75, 3.05) is 0 Å². The maximum atomic E-state index is 12.5. The third-order valence-electron chi connectivity index (χ3n) is 4.48. The van der Waals surface area contributed by atoms with E-state index in [1.54, 1.807) is 6.07 Å². The molecular formula is C19H21ClN2O. The molecule has 1 heterocycles. The van der Waals surface area contributed by atoms with Crippen LogP contribution in [0, 0.1) is 5.92 Å². The molecule has 120 valence electrons. The first-order valence-corrected chi connectivity index (χ1v) is 8.54. The molecule has 0 radical (unpaired) electrons. The van der Waals surface area contributed by atoms with Crippen molar-refractivity contribution in [1.29, 1.82) is 0 Å². The van der Waals surface area contributed by atoms with Crippen molar-refractivity contribution >= 4 is 17.5 Å². The van der Waals surface area contributed by atoms with Gasteiger partial charge in [-0.3, -0.25) is 4.79 Å². The van der Waals surface area contributed by atoms with E-state index in [2.05, 4.69) is 17.2 Å². The van der Waals surface area contributed by atoms with Gasteiger partial charge in [0.2, 0.25) is 0 Å². The number of benzene rings is 1. The SMILES string of the molecule is CC1CCC(NC(=O)c2cccc(-c3ccccc3Cl)n2)CC1. The first kappa shape index (κ1) is 16.0. The summed E-state index contributed by atoms with van der Waals surface area (Å²) < 4.78 is 0. The zero-order valence-electron chi connectivity index (χ0n) is 13.3. The van der Waals surface area contributed by atoms with Crippen LogP contribution in [0.1, 0.15) is 43.1 Å². The minimum absolute atomic E-state index is 0.0987. The summed E-state index contributed by atoms with van der Waals surface area (Å²) in [6, 6.07) is 13.3. The Kier molecular flexibility index (Phi) is 4.97. The van der Waals surface area contributed by atoms with Crippen LogP contribution in [0.3, 0.4) is 0 Å². The fraction of sp³-hybridized carbons (Fsp3) is 0.368. The molecule has 1 aromatic heterocycles. The summed E-state index contributed by atoms with van der Waals surface area (Å²) in [5.74, 6) is 0.670. The van der Waals surface area contributed by atoms with Crippen molar-refractivity contribution in [2.24, 2.45) is 5.92 Å². The molecule has 1 fully saturated rings. The van der Waals surface area contributed by atoms with Crippen molar-refractivity contribution in [3.8, 4) is 11.3 Å². The predicted octanol–water partition coefficient (Wildman–Crippen LogP) is 4.71. The average Bonchev–Trinajstić information content (AvgIpc) is 2.57. The van der Waals surface area contributed by atoms with Crippen molar-refractivity contribution in [1.82, 2.24) is 10.3 Å². The average molecular weight is 329 g/mol. The van der Waals surface area contributed by atoms with Gasteiger partial charge in [0.05, 0.1) is 5.69 Å². The molecule has 0 spiro atoms. The van der Waals surface area contributed by atoms with Gasteiger partial charge in [-0.15, -0.1) is 0 Å². The molecular weight excluding hydrogens is 308 g/mol. The number of hydrogen-bond acceptors (Lipinski definition) is 2. The van der Waals surface area contributed by atoms with Gasteiger partial charge in [0, 0.05) is 16.6 Å². The van der Waals surface area contributed by atoms with E-state index in [0.29, 0.717) is 10.7 Å². The Hall–Kier alpha value is -1.87. The second-order valence-corrected chi connectivity index (χ2v) is 6.73. The number of carbonyl (C=O) groups excluding carboxylic acids is 1. The highest BCUT2D eigenvalue weighted by atomic mass is 35.5. The number of aromatic nitrogens is 1. The van der Waals surface area contributed by atoms with Gasteiger partial charge in [-0.1, -0.05) is 42.8 Å². The lowest BCUT2D eigenvalue weighted by atomic mass is 9.87. The van der Waals surface area contributed by atoms with Gasteiger partial charge in [0.1, 0.15) is 5.69 Å². The molecule has 0 saturated heterocycles. The van der Waals surface area contributed by atoms with E-state index < -0.39 is 0 Å². The van der Waals surface area contributed by atoms with Crippen molar-refractivity contribution in [3.05, 3.63) is 53.2 Å². The lowest BCUT2D eigenvalue weighted by Crippen LogP contribution is -2.37. The zero-order chi connectivity index (χ0) is 16.2. The number of rotatable bonds is 3.